The number of hydrogen-bond acceptors (Lipinski definition) is 3. The molecule has 0 atom stereocenters. The molecule has 5 heteroatoms. The highest BCUT2D eigenvalue weighted by Gasteiger charge is 2.20. The van der Waals surface area contributed by atoms with E-state index in [1.165, 1.54) is 12.8 Å². The lowest BCUT2D eigenvalue weighted by Crippen LogP contribution is -2.35. The maximum Gasteiger partial charge on any atom is 0.195 e. The van der Waals surface area contributed by atoms with Gasteiger partial charge in [0.15, 0.2) is 17.5 Å². The number of para-hydroxylation sites is 1. The van der Waals surface area contributed by atoms with Gasteiger partial charge in [0.2, 0.25) is 0 Å². The number of guanidine groups is 1. The van der Waals surface area contributed by atoms with Crippen molar-refractivity contribution in [3.05, 3.63) is 23.8 Å². The minimum atomic E-state index is 0.302. The van der Waals surface area contributed by atoms with Crippen molar-refractivity contribution in [3.8, 4) is 11.5 Å². The summed E-state index contributed by atoms with van der Waals surface area (Å²) in [6, 6.07) is 6.02. The van der Waals surface area contributed by atoms with Crippen LogP contribution in [0.1, 0.15) is 31.2 Å². The Labute approximate surface area is 139 Å². The summed E-state index contributed by atoms with van der Waals surface area (Å²) in [5, 5.41) is 0. The molecule has 2 rings (SSSR count). The molecule has 1 aromatic rings. The average Bonchev–Trinajstić information content (AvgIpc) is 3.01. The zero-order chi connectivity index (χ0) is 16.8. The van der Waals surface area contributed by atoms with E-state index in [9.17, 15) is 0 Å². The number of nitrogens with zero attached hydrogens (tertiary/aromatic N) is 3. The van der Waals surface area contributed by atoms with Crippen molar-refractivity contribution >= 4 is 5.96 Å². The molecule has 0 unspecified atom stereocenters. The van der Waals surface area contributed by atoms with Crippen molar-refractivity contribution in [2.45, 2.75) is 38.3 Å². The molecule has 1 aromatic carbocycles. The predicted molar refractivity (Wildman–Crippen MR) is 94.4 cm³/mol. The van der Waals surface area contributed by atoms with Gasteiger partial charge in [-0.3, -0.25) is 0 Å². The minimum absolute atomic E-state index is 0.302. The van der Waals surface area contributed by atoms with Crippen LogP contribution in [0.15, 0.2) is 23.2 Å². The van der Waals surface area contributed by atoms with E-state index >= 15 is 0 Å². The number of aliphatic imine (C=N–C) groups is 1. The number of ether oxygens (including phenoxy) is 2. The van der Waals surface area contributed by atoms with E-state index < -0.39 is 0 Å². The van der Waals surface area contributed by atoms with Crippen LogP contribution in [0.4, 0.5) is 0 Å². The van der Waals surface area contributed by atoms with Gasteiger partial charge in [-0.05, 0) is 31.7 Å². The van der Waals surface area contributed by atoms with E-state index in [4.69, 9.17) is 14.5 Å². The van der Waals surface area contributed by atoms with Gasteiger partial charge in [0.1, 0.15) is 0 Å². The Bertz CT molecular complexity index is 525. The molecule has 0 spiro atoms. The summed E-state index contributed by atoms with van der Waals surface area (Å²) < 4.78 is 11.8. The van der Waals surface area contributed by atoms with Crippen LogP contribution in [0, 0.1) is 0 Å². The second-order valence-corrected chi connectivity index (χ2v) is 6.38. The fourth-order valence-corrected chi connectivity index (χ4v) is 2.99. The van der Waals surface area contributed by atoms with Gasteiger partial charge in [0, 0.05) is 33.8 Å². The molecule has 0 N–H and O–H groups in total. The van der Waals surface area contributed by atoms with Gasteiger partial charge in [0.05, 0.1) is 19.8 Å². The molecule has 128 valence electrons. The van der Waals surface area contributed by atoms with Crippen molar-refractivity contribution in [3.63, 3.8) is 0 Å². The van der Waals surface area contributed by atoms with Gasteiger partial charge in [-0.2, -0.15) is 0 Å². The molecule has 1 aliphatic rings. The quantitative estimate of drug-likeness (QED) is 0.617. The molecule has 1 saturated carbocycles. The minimum Gasteiger partial charge on any atom is -0.493 e. The van der Waals surface area contributed by atoms with Crippen LogP contribution in [-0.4, -0.2) is 57.2 Å². The lowest BCUT2D eigenvalue weighted by Gasteiger charge is -2.23. The Morgan fingerprint density at radius 1 is 1.13 bits per heavy atom. The molecule has 1 aliphatic carbocycles. The molecule has 0 bridgehead atoms. The third-order valence-corrected chi connectivity index (χ3v) is 4.06. The molecule has 0 saturated heterocycles. The molecule has 0 aromatic heterocycles. The predicted octanol–water partition coefficient (Wildman–Crippen LogP) is 3.00. The van der Waals surface area contributed by atoms with Crippen molar-refractivity contribution in [1.82, 2.24) is 9.80 Å². The first-order valence-electron chi connectivity index (χ1n) is 8.24. The van der Waals surface area contributed by atoms with Crippen LogP contribution >= 0.6 is 0 Å². The maximum atomic E-state index is 6.26. The van der Waals surface area contributed by atoms with Gasteiger partial charge in [0.25, 0.3) is 0 Å². The Balaban J connectivity index is 2.24. The van der Waals surface area contributed by atoms with Crippen molar-refractivity contribution in [1.29, 1.82) is 0 Å². The van der Waals surface area contributed by atoms with E-state index in [2.05, 4.69) is 6.07 Å². The van der Waals surface area contributed by atoms with E-state index in [0.29, 0.717) is 12.6 Å². The summed E-state index contributed by atoms with van der Waals surface area (Å²) in [6.45, 7) is 0.574. The summed E-state index contributed by atoms with van der Waals surface area (Å²) in [4.78, 5) is 8.76. The lowest BCUT2D eigenvalue weighted by atomic mass is 10.1. The Morgan fingerprint density at radius 2 is 1.78 bits per heavy atom. The highest BCUT2D eigenvalue weighted by Crippen LogP contribution is 2.35. The standard InChI is InChI=1S/C18H29N3O2/c1-20(2)18(21(3)4)19-13-14-9-8-12-16(22-5)17(14)23-15-10-6-7-11-15/h8-9,12,15H,6-7,10-11,13H2,1-5H3. The second-order valence-electron chi connectivity index (χ2n) is 6.38. The molecular weight excluding hydrogens is 290 g/mol. The van der Waals surface area contributed by atoms with Gasteiger partial charge in [-0.1, -0.05) is 12.1 Å². The van der Waals surface area contributed by atoms with E-state index in [1.807, 2.05) is 50.1 Å². The molecule has 0 aliphatic heterocycles. The first-order valence-corrected chi connectivity index (χ1v) is 8.24. The van der Waals surface area contributed by atoms with Gasteiger partial charge >= 0.3 is 0 Å². The molecule has 1 fully saturated rings. The van der Waals surface area contributed by atoms with Crippen molar-refractivity contribution in [2.75, 3.05) is 35.3 Å². The van der Waals surface area contributed by atoms with Crippen molar-refractivity contribution in [2.24, 2.45) is 4.99 Å². The summed E-state index contributed by atoms with van der Waals surface area (Å²) in [6.07, 6.45) is 5.05. The highest BCUT2D eigenvalue weighted by molar-refractivity contribution is 5.79. The SMILES string of the molecule is COc1cccc(CN=C(N(C)C)N(C)C)c1OC1CCCC1. The number of benzene rings is 1. The molecule has 0 radical (unpaired) electrons. The summed E-state index contributed by atoms with van der Waals surface area (Å²) in [7, 11) is 9.69. The zero-order valence-electron chi connectivity index (χ0n) is 15.0. The topological polar surface area (TPSA) is 37.3 Å². The van der Waals surface area contributed by atoms with Crippen LogP contribution in [0.3, 0.4) is 0 Å². The smallest absolute Gasteiger partial charge is 0.195 e. The summed E-state index contributed by atoms with van der Waals surface area (Å²) in [5.41, 5.74) is 1.07. The number of methoxy groups -OCH3 is 1. The average molecular weight is 319 g/mol. The fourth-order valence-electron chi connectivity index (χ4n) is 2.99. The summed E-state index contributed by atoms with van der Waals surface area (Å²) in [5.74, 6) is 2.57. The number of rotatable bonds is 5. The Hall–Kier alpha value is -1.91. The summed E-state index contributed by atoms with van der Waals surface area (Å²) >= 11 is 0. The maximum absolute atomic E-state index is 6.26. The van der Waals surface area contributed by atoms with Crippen LogP contribution in [0.25, 0.3) is 0 Å². The molecular formula is C18H29N3O2. The Kier molecular flexibility index (Phi) is 6.13. The molecule has 0 heterocycles. The van der Waals surface area contributed by atoms with Crippen molar-refractivity contribution < 1.29 is 9.47 Å². The van der Waals surface area contributed by atoms with Crippen LogP contribution in [-0.2, 0) is 6.54 Å². The monoisotopic (exact) mass is 319 g/mol. The van der Waals surface area contributed by atoms with Gasteiger partial charge in [-0.15, -0.1) is 0 Å². The number of hydrogen-bond donors (Lipinski definition) is 0. The molecule has 0 amide bonds. The third kappa shape index (κ3) is 4.53. The lowest BCUT2D eigenvalue weighted by molar-refractivity contribution is 0.198. The molecule has 5 nitrogen and oxygen atoms in total. The van der Waals surface area contributed by atoms with Crippen LogP contribution in [0.5, 0.6) is 11.5 Å². The first kappa shape index (κ1) is 17.4. The van der Waals surface area contributed by atoms with Crippen LogP contribution in [0.2, 0.25) is 0 Å². The van der Waals surface area contributed by atoms with Gasteiger partial charge < -0.3 is 19.3 Å². The van der Waals surface area contributed by atoms with E-state index in [1.54, 1.807) is 7.11 Å². The van der Waals surface area contributed by atoms with Crippen LogP contribution < -0.4 is 9.47 Å². The Morgan fingerprint density at radius 3 is 2.35 bits per heavy atom. The first-order chi connectivity index (χ1) is 11.0. The highest BCUT2D eigenvalue weighted by atomic mass is 16.5. The van der Waals surface area contributed by atoms with E-state index in [-0.39, 0.29) is 0 Å². The zero-order valence-corrected chi connectivity index (χ0v) is 15.0. The third-order valence-electron chi connectivity index (χ3n) is 4.06. The van der Waals surface area contributed by atoms with E-state index in [0.717, 1.165) is 35.9 Å². The van der Waals surface area contributed by atoms with Gasteiger partial charge in [-0.25, -0.2) is 4.99 Å². The molecule has 23 heavy (non-hydrogen) atoms. The largest absolute Gasteiger partial charge is 0.493 e. The fraction of sp³-hybridized carbons (Fsp3) is 0.611. The second kappa shape index (κ2) is 8.09. The normalized spacial score (nSPS) is 14.5.